The standard InChI is InChI=1S/C17H15F3N2O4/c1-16(13-7-4-8-26-13)14(24)22(15(25)21-16)9-12(23)10-5-2-3-6-11(10)17(18,19)20/h2-8,12,23H,9H2,1H3,(H,21,25). The summed E-state index contributed by atoms with van der Waals surface area (Å²) in [5, 5.41) is 12.7. The van der Waals surface area contributed by atoms with Crippen LogP contribution in [0.5, 0.6) is 0 Å². The Morgan fingerprint density at radius 2 is 1.92 bits per heavy atom. The average molecular weight is 368 g/mol. The van der Waals surface area contributed by atoms with E-state index >= 15 is 0 Å². The van der Waals surface area contributed by atoms with E-state index in [-0.39, 0.29) is 5.76 Å². The van der Waals surface area contributed by atoms with Gasteiger partial charge in [0.25, 0.3) is 5.91 Å². The molecule has 2 N–H and O–H groups in total. The number of β-amino-alcohol motifs (C(OH)–C–C–N with tert-alkyl or cyclic N) is 1. The van der Waals surface area contributed by atoms with E-state index in [0.717, 1.165) is 12.1 Å². The first kappa shape index (κ1) is 18.0. The number of amides is 3. The third-order valence-electron chi connectivity index (χ3n) is 4.27. The lowest BCUT2D eigenvalue weighted by Crippen LogP contribution is -2.41. The number of hydrogen-bond acceptors (Lipinski definition) is 4. The van der Waals surface area contributed by atoms with Crippen molar-refractivity contribution in [3.63, 3.8) is 0 Å². The molecule has 138 valence electrons. The van der Waals surface area contributed by atoms with Crippen molar-refractivity contribution in [3.8, 4) is 0 Å². The predicted octanol–water partition coefficient (Wildman–Crippen LogP) is 2.80. The number of urea groups is 1. The van der Waals surface area contributed by atoms with Crippen LogP contribution in [0.15, 0.2) is 47.1 Å². The molecule has 2 aromatic rings. The summed E-state index contributed by atoms with van der Waals surface area (Å²) in [4.78, 5) is 25.5. The van der Waals surface area contributed by atoms with Crippen molar-refractivity contribution in [1.82, 2.24) is 10.2 Å². The zero-order valence-corrected chi connectivity index (χ0v) is 13.6. The normalized spacial score (nSPS) is 21.8. The molecule has 26 heavy (non-hydrogen) atoms. The molecule has 0 bridgehead atoms. The van der Waals surface area contributed by atoms with Gasteiger partial charge in [0.2, 0.25) is 0 Å². The van der Waals surface area contributed by atoms with Crippen LogP contribution in [0.25, 0.3) is 0 Å². The molecule has 2 atom stereocenters. The molecule has 1 aliphatic heterocycles. The van der Waals surface area contributed by atoms with Crippen molar-refractivity contribution in [2.75, 3.05) is 6.54 Å². The van der Waals surface area contributed by atoms with Crippen LogP contribution in [0, 0.1) is 0 Å². The van der Waals surface area contributed by atoms with E-state index in [4.69, 9.17) is 4.42 Å². The Morgan fingerprint density at radius 1 is 1.23 bits per heavy atom. The summed E-state index contributed by atoms with van der Waals surface area (Å²) >= 11 is 0. The van der Waals surface area contributed by atoms with Gasteiger partial charge in [-0.3, -0.25) is 9.69 Å². The number of nitrogens with zero attached hydrogens (tertiary/aromatic N) is 1. The van der Waals surface area contributed by atoms with Crippen LogP contribution in [-0.2, 0) is 16.5 Å². The summed E-state index contributed by atoms with van der Waals surface area (Å²) in [6.07, 6.45) is -5.03. The zero-order chi connectivity index (χ0) is 19.1. The monoisotopic (exact) mass is 368 g/mol. The smallest absolute Gasteiger partial charge is 0.416 e. The molecule has 1 aromatic heterocycles. The SMILES string of the molecule is CC1(c2ccco2)NC(=O)N(CC(O)c2ccccc2C(F)(F)F)C1=O. The lowest BCUT2D eigenvalue weighted by Gasteiger charge is -2.22. The molecular formula is C17H15F3N2O4. The van der Waals surface area contributed by atoms with Crippen molar-refractivity contribution >= 4 is 11.9 Å². The summed E-state index contributed by atoms with van der Waals surface area (Å²) < 4.78 is 44.5. The van der Waals surface area contributed by atoms with E-state index in [2.05, 4.69) is 5.32 Å². The molecule has 6 nitrogen and oxygen atoms in total. The number of hydrogen-bond donors (Lipinski definition) is 2. The van der Waals surface area contributed by atoms with Crippen LogP contribution in [0.2, 0.25) is 0 Å². The number of carbonyl (C=O) groups excluding carboxylic acids is 2. The maximum absolute atomic E-state index is 13.1. The first-order valence-corrected chi connectivity index (χ1v) is 7.67. The van der Waals surface area contributed by atoms with Crippen molar-refractivity contribution < 1.29 is 32.3 Å². The second-order valence-corrected chi connectivity index (χ2v) is 6.05. The molecule has 0 radical (unpaired) electrons. The number of halogens is 3. The highest BCUT2D eigenvalue weighted by Gasteiger charge is 2.51. The Kier molecular flexibility index (Phi) is 4.27. The Labute approximate surface area is 146 Å². The number of nitrogens with one attached hydrogen (secondary N) is 1. The summed E-state index contributed by atoms with van der Waals surface area (Å²) in [5.41, 5.74) is -2.91. The van der Waals surface area contributed by atoms with Gasteiger partial charge < -0.3 is 14.8 Å². The highest BCUT2D eigenvalue weighted by molar-refractivity contribution is 6.06. The molecule has 3 amide bonds. The lowest BCUT2D eigenvalue weighted by atomic mass is 9.98. The third kappa shape index (κ3) is 2.94. The number of alkyl halides is 3. The molecule has 0 spiro atoms. The van der Waals surface area contributed by atoms with Crippen LogP contribution in [0.1, 0.15) is 29.9 Å². The highest BCUT2D eigenvalue weighted by atomic mass is 19.4. The molecule has 1 aromatic carbocycles. The van der Waals surface area contributed by atoms with E-state index in [9.17, 15) is 27.9 Å². The van der Waals surface area contributed by atoms with Gasteiger partial charge in [-0.25, -0.2) is 4.79 Å². The van der Waals surface area contributed by atoms with E-state index in [1.165, 1.54) is 37.5 Å². The Balaban J connectivity index is 1.86. The molecule has 9 heteroatoms. The molecule has 1 fully saturated rings. The molecule has 1 saturated heterocycles. The Hall–Kier alpha value is -2.81. The molecule has 2 heterocycles. The summed E-state index contributed by atoms with van der Waals surface area (Å²) in [7, 11) is 0. The van der Waals surface area contributed by atoms with Crippen molar-refractivity contribution in [2.24, 2.45) is 0 Å². The fourth-order valence-electron chi connectivity index (χ4n) is 2.91. The van der Waals surface area contributed by atoms with E-state index in [0.29, 0.717) is 4.90 Å². The minimum absolute atomic E-state index is 0.184. The minimum atomic E-state index is -4.67. The van der Waals surface area contributed by atoms with Crippen molar-refractivity contribution in [3.05, 3.63) is 59.5 Å². The van der Waals surface area contributed by atoms with Crippen LogP contribution >= 0.6 is 0 Å². The van der Waals surface area contributed by atoms with Crippen LogP contribution in [0.4, 0.5) is 18.0 Å². The van der Waals surface area contributed by atoms with Crippen molar-refractivity contribution in [1.29, 1.82) is 0 Å². The van der Waals surface area contributed by atoms with Crippen LogP contribution in [-0.4, -0.2) is 28.5 Å². The van der Waals surface area contributed by atoms with Crippen molar-refractivity contribution in [2.45, 2.75) is 24.7 Å². The second kappa shape index (κ2) is 6.17. The average Bonchev–Trinajstić information content (AvgIpc) is 3.19. The van der Waals surface area contributed by atoms with Gasteiger partial charge in [0.15, 0.2) is 5.54 Å². The number of furan rings is 1. The Bertz CT molecular complexity index is 835. The molecule has 2 unspecified atom stereocenters. The number of aliphatic hydroxyl groups excluding tert-OH is 1. The first-order valence-electron chi connectivity index (χ1n) is 7.67. The zero-order valence-electron chi connectivity index (χ0n) is 13.6. The number of imide groups is 1. The predicted molar refractivity (Wildman–Crippen MR) is 82.7 cm³/mol. The lowest BCUT2D eigenvalue weighted by molar-refractivity contribution is -0.139. The van der Waals surface area contributed by atoms with Gasteiger partial charge in [-0.05, 0) is 30.7 Å². The number of rotatable bonds is 4. The summed E-state index contributed by atoms with van der Waals surface area (Å²) in [5.74, 6) is -0.537. The van der Waals surface area contributed by atoms with Gasteiger partial charge in [-0.2, -0.15) is 13.2 Å². The fourth-order valence-corrected chi connectivity index (χ4v) is 2.91. The number of aliphatic hydroxyl groups is 1. The molecule has 1 aliphatic rings. The summed E-state index contributed by atoms with van der Waals surface area (Å²) in [6.45, 7) is 0.802. The van der Waals surface area contributed by atoms with Crippen LogP contribution < -0.4 is 5.32 Å². The van der Waals surface area contributed by atoms with Gasteiger partial charge in [-0.15, -0.1) is 0 Å². The number of carbonyl (C=O) groups is 2. The quantitative estimate of drug-likeness (QED) is 0.813. The van der Waals surface area contributed by atoms with E-state index in [1.54, 1.807) is 0 Å². The topological polar surface area (TPSA) is 82.8 Å². The fraction of sp³-hybridized carbons (Fsp3) is 0.294. The molecule has 3 rings (SSSR count). The maximum Gasteiger partial charge on any atom is 0.416 e. The third-order valence-corrected chi connectivity index (χ3v) is 4.27. The maximum atomic E-state index is 13.1. The van der Waals surface area contributed by atoms with E-state index < -0.39 is 47.4 Å². The number of benzene rings is 1. The van der Waals surface area contributed by atoms with E-state index in [1.807, 2.05) is 0 Å². The molecule has 0 saturated carbocycles. The molecular weight excluding hydrogens is 353 g/mol. The molecule has 0 aliphatic carbocycles. The largest absolute Gasteiger partial charge is 0.466 e. The minimum Gasteiger partial charge on any atom is -0.466 e. The summed E-state index contributed by atoms with van der Waals surface area (Å²) in [6, 6.07) is 6.69. The van der Waals surface area contributed by atoms with Crippen LogP contribution in [0.3, 0.4) is 0 Å². The van der Waals surface area contributed by atoms with Gasteiger partial charge >= 0.3 is 12.2 Å². The first-order chi connectivity index (χ1) is 12.1. The second-order valence-electron chi connectivity index (χ2n) is 6.05. The van der Waals surface area contributed by atoms with Gasteiger partial charge in [0.1, 0.15) is 5.76 Å². The van der Waals surface area contributed by atoms with Gasteiger partial charge in [0, 0.05) is 0 Å². The Morgan fingerprint density at radius 3 is 2.54 bits per heavy atom. The van der Waals surface area contributed by atoms with Gasteiger partial charge in [0.05, 0.1) is 24.5 Å². The van der Waals surface area contributed by atoms with Gasteiger partial charge in [-0.1, -0.05) is 18.2 Å². The highest BCUT2D eigenvalue weighted by Crippen LogP contribution is 2.36.